The minimum absolute atomic E-state index is 0.0448. The normalized spacial score (nSPS) is 11.0. The zero-order valence-corrected chi connectivity index (χ0v) is 22.0. The van der Waals surface area contributed by atoms with Gasteiger partial charge in [-0.05, 0) is 70.5 Å². The van der Waals surface area contributed by atoms with Crippen molar-refractivity contribution in [1.82, 2.24) is 0 Å². The topological polar surface area (TPSA) is 93.1 Å². The van der Waals surface area contributed by atoms with Crippen molar-refractivity contribution >= 4 is 33.5 Å². The minimum atomic E-state index is -1.37. The molecule has 0 saturated heterocycles. The summed E-state index contributed by atoms with van der Waals surface area (Å²) in [5, 5.41) is 24.1. The van der Waals surface area contributed by atoms with Gasteiger partial charge in [0.05, 0.1) is 18.8 Å². The summed E-state index contributed by atoms with van der Waals surface area (Å²) in [7, 11) is 0. The van der Waals surface area contributed by atoms with Gasteiger partial charge in [0.15, 0.2) is 11.5 Å². The maximum absolute atomic E-state index is 12.1. The van der Waals surface area contributed by atoms with Gasteiger partial charge in [0.25, 0.3) is 0 Å². The molecule has 5 aromatic rings. The summed E-state index contributed by atoms with van der Waals surface area (Å²) < 4.78 is 11.9. The van der Waals surface area contributed by atoms with Gasteiger partial charge in [-0.25, -0.2) is 9.59 Å². The van der Waals surface area contributed by atoms with Crippen molar-refractivity contribution in [2.24, 2.45) is 0 Å². The monoisotopic (exact) mass is 534 g/mol. The van der Waals surface area contributed by atoms with Crippen LogP contribution in [0.15, 0.2) is 97.1 Å². The fourth-order valence-corrected chi connectivity index (χ4v) is 4.91. The predicted octanol–water partition coefficient (Wildman–Crippen LogP) is 7.41. The summed E-state index contributed by atoms with van der Waals surface area (Å²) in [5.41, 5.74) is 1.59. The molecule has 5 aromatic carbocycles. The van der Waals surface area contributed by atoms with Crippen molar-refractivity contribution in [2.75, 3.05) is 13.2 Å². The van der Waals surface area contributed by atoms with E-state index in [4.69, 9.17) is 9.47 Å². The Labute approximate surface area is 232 Å². The molecular weight excluding hydrogens is 504 g/mol. The number of rotatable bonds is 12. The van der Waals surface area contributed by atoms with E-state index in [-0.39, 0.29) is 23.7 Å². The van der Waals surface area contributed by atoms with Crippen molar-refractivity contribution in [2.45, 2.75) is 25.7 Å². The lowest BCUT2D eigenvalue weighted by Crippen LogP contribution is -2.13. The molecule has 5 rings (SSSR count). The van der Waals surface area contributed by atoms with Crippen LogP contribution in [0.5, 0.6) is 11.5 Å². The van der Waals surface area contributed by atoms with Crippen LogP contribution in [-0.2, 0) is 12.8 Å². The highest BCUT2D eigenvalue weighted by molar-refractivity contribution is 6.04. The van der Waals surface area contributed by atoms with Gasteiger partial charge in [0.2, 0.25) is 0 Å². The summed E-state index contributed by atoms with van der Waals surface area (Å²) in [6.07, 6.45) is 2.83. The SMILES string of the molecule is O=C(O)c1ccc(OCCCc2ccc3ccccc3c2)c(OCCCc2ccc3ccccc3c2)c1C(=O)O. The highest BCUT2D eigenvalue weighted by atomic mass is 16.5. The molecule has 6 heteroatoms. The molecule has 0 saturated carbocycles. The first-order chi connectivity index (χ1) is 19.5. The molecule has 0 bridgehead atoms. The first-order valence-electron chi connectivity index (χ1n) is 13.3. The molecular formula is C34H30O6. The molecule has 202 valence electrons. The molecule has 2 N–H and O–H groups in total. The van der Waals surface area contributed by atoms with Crippen LogP contribution < -0.4 is 9.47 Å². The lowest BCUT2D eigenvalue weighted by Gasteiger charge is -2.17. The summed E-state index contributed by atoms with van der Waals surface area (Å²) in [6.45, 7) is 0.537. The van der Waals surface area contributed by atoms with E-state index < -0.39 is 17.5 Å². The third-order valence-corrected chi connectivity index (χ3v) is 6.92. The van der Waals surface area contributed by atoms with Gasteiger partial charge in [-0.2, -0.15) is 0 Å². The largest absolute Gasteiger partial charge is 0.490 e. The predicted molar refractivity (Wildman–Crippen MR) is 156 cm³/mol. The molecule has 0 aliphatic rings. The number of carboxylic acid groups (broad SMARTS) is 2. The highest BCUT2D eigenvalue weighted by Crippen LogP contribution is 2.35. The standard InChI is InChI=1S/C34H30O6/c35-33(36)29-17-18-30(39-19-5-7-23-13-15-25-9-1-3-11-27(25)21-23)32(31(29)34(37)38)40-20-6-8-24-14-16-26-10-2-4-12-28(26)22-24/h1-4,9-18,21-22H,5-8,19-20H2,(H,35,36)(H,37,38). The zero-order chi connectivity index (χ0) is 27.9. The zero-order valence-electron chi connectivity index (χ0n) is 22.0. The Morgan fingerprint density at radius 1 is 0.575 bits per heavy atom. The second-order valence-electron chi connectivity index (χ2n) is 9.69. The van der Waals surface area contributed by atoms with Crippen molar-refractivity contribution < 1.29 is 29.3 Å². The van der Waals surface area contributed by atoms with Crippen LogP contribution in [-0.4, -0.2) is 35.4 Å². The fraction of sp³-hybridized carbons (Fsp3) is 0.176. The molecule has 0 unspecified atom stereocenters. The lowest BCUT2D eigenvalue weighted by molar-refractivity contribution is 0.0646. The summed E-state index contributed by atoms with van der Waals surface area (Å²) >= 11 is 0. The maximum Gasteiger partial charge on any atom is 0.340 e. The fourth-order valence-electron chi connectivity index (χ4n) is 4.91. The summed E-state index contributed by atoms with van der Waals surface area (Å²) in [5.74, 6) is -2.52. The van der Waals surface area contributed by atoms with Crippen molar-refractivity contribution in [3.05, 3.63) is 119 Å². The number of carboxylic acids is 2. The number of aromatic carboxylic acids is 2. The Morgan fingerprint density at radius 3 is 1.62 bits per heavy atom. The second-order valence-corrected chi connectivity index (χ2v) is 9.69. The van der Waals surface area contributed by atoms with E-state index in [0.29, 0.717) is 19.4 Å². The number of hydrogen-bond donors (Lipinski definition) is 2. The summed E-state index contributed by atoms with van der Waals surface area (Å²) in [6, 6.07) is 31.7. The molecule has 0 heterocycles. The molecule has 0 spiro atoms. The number of benzene rings is 5. The van der Waals surface area contributed by atoms with Gasteiger partial charge in [0, 0.05) is 0 Å². The van der Waals surface area contributed by atoms with Crippen LogP contribution in [0.2, 0.25) is 0 Å². The molecule has 0 aromatic heterocycles. The number of ether oxygens (including phenoxy) is 2. The molecule has 0 atom stereocenters. The van der Waals surface area contributed by atoms with E-state index in [9.17, 15) is 19.8 Å². The van der Waals surface area contributed by atoms with Crippen LogP contribution in [0.25, 0.3) is 21.5 Å². The van der Waals surface area contributed by atoms with Gasteiger partial charge in [-0.3, -0.25) is 0 Å². The summed E-state index contributed by atoms with van der Waals surface area (Å²) in [4.78, 5) is 23.9. The Kier molecular flexibility index (Phi) is 8.26. The van der Waals surface area contributed by atoms with Crippen molar-refractivity contribution in [1.29, 1.82) is 0 Å². The third-order valence-electron chi connectivity index (χ3n) is 6.92. The number of aryl methyl sites for hydroxylation is 2. The molecule has 6 nitrogen and oxygen atoms in total. The second kappa shape index (κ2) is 12.3. The van der Waals surface area contributed by atoms with Gasteiger partial charge in [-0.1, -0.05) is 84.9 Å². The molecule has 0 aliphatic heterocycles. The van der Waals surface area contributed by atoms with Gasteiger partial charge >= 0.3 is 11.9 Å². The van der Waals surface area contributed by atoms with Gasteiger partial charge < -0.3 is 19.7 Å². The minimum Gasteiger partial charge on any atom is -0.490 e. The first-order valence-corrected chi connectivity index (χ1v) is 13.3. The lowest BCUT2D eigenvalue weighted by atomic mass is 10.0. The van der Waals surface area contributed by atoms with E-state index in [1.54, 1.807) is 0 Å². The molecule has 0 amide bonds. The van der Waals surface area contributed by atoms with Crippen LogP contribution in [0.1, 0.15) is 44.7 Å². The van der Waals surface area contributed by atoms with Crippen molar-refractivity contribution in [3.8, 4) is 11.5 Å². The Balaban J connectivity index is 1.25. The smallest absolute Gasteiger partial charge is 0.340 e. The molecule has 40 heavy (non-hydrogen) atoms. The highest BCUT2D eigenvalue weighted by Gasteiger charge is 2.25. The van der Waals surface area contributed by atoms with E-state index >= 15 is 0 Å². The average molecular weight is 535 g/mol. The van der Waals surface area contributed by atoms with Crippen LogP contribution in [0.4, 0.5) is 0 Å². The number of carbonyl (C=O) groups is 2. The van der Waals surface area contributed by atoms with Gasteiger partial charge in [-0.15, -0.1) is 0 Å². The van der Waals surface area contributed by atoms with Gasteiger partial charge in [0.1, 0.15) is 5.56 Å². The van der Waals surface area contributed by atoms with Crippen LogP contribution in [0, 0.1) is 0 Å². The maximum atomic E-state index is 12.1. The quantitative estimate of drug-likeness (QED) is 0.162. The van der Waals surface area contributed by atoms with E-state index in [0.717, 1.165) is 23.8 Å². The average Bonchev–Trinajstić information content (AvgIpc) is 2.97. The number of fused-ring (bicyclic) bond motifs is 2. The molecule has 0 radical (unpaired) electrons. The Morgan fingerprint density at radius 2 is 1.10 bits per heavy atom. The van der Waals surface area contributed by atoms with Crippen LogP contribution in [0.3, 0.4) is 0 Å². The van der Waals surface area contributed by atoms with E-state index in [2.05, 4.69) is 60.7 Å². The van der Waals surface area contributed by atoms with Crippen molar-refractivity contribution in [3.63, 3.8) is 0 Å². The molecule has 0 fully saturated rings. The Hall–Kier alpha value is -4.84. The van der Waals surface area contributed by atoms with E-state index in [1.807, 2.05) is 24.3 Å². The van der Waals surface area contributed by atoms with E-state index in [1.165, 1.54) is 33.9 Å². The van der Waals surface area contributed by atoms with Crippen LogP contribution >= 0.6 is 0 Å². The third kappa shape index (κ3) is 6.24. The Bertz CT molecular complexity index is 1670. The molecule has 0 aliphatic carbocycles. The number of hydrogen-bond acceptors (Lipinski definition) is 4. The first kappa shape index (κ1) is 26.8.